The molecule has 0 aromatic heterocycles. The van der Waals surface area contributed by atoms with Gasteiger partial charge >= 0.3 is 0 Å². The van der Waals surface area contributed by atoms with Crippen LogP contribution >= 0.6 is 11.6 Å². The number of ether oxygens (including phenoxy) is 3. The van der Waals surface area contributed by atoms with E-state index >= 15 is 0 Å². The highest BCUT2D eigenvalue weighted by Crippen LogP contribution is 2.29. The van der Waals surface area contributed by atoms with Gasteiger partial charge in [-0.05, 0) is 60.7 Å². The standard InChI is InChI=1S/C21H17ClO4/c1-24-19-11-8-15(12-20(19)25-2)21(23)14-6-9-17(10-7-14)26-18-5-3-4-16(22)13-18/h3-13H,1-2H3. The van der Waals surface area contributed by atoms with E-state index in [1.54, 1.807) is 61.7 Å². The molecule has 4 nitrogen and oxygen atoms in total. The fraction of sp³-hybridized carbons (Fsp3) is 0.0952. The molecule has 0 spiro atoms. The first kappa shape index (κ1) is 17.8. The van der Waals surface area contributed by atoms with Gasteiger partial charge in [-0.15, -0.1) is 0 Å². The third-order valence-electron chi connectivity index (χ3n) is 3.79. The van der Waals surface area contributed by atoms with Crippen molar-refractivity contribution in [1.82, 2.24) is 0 Å². The number of ketones is 1. The molecule has 3 aromatic rings. The minimum absolute atomic E-state index is 0.111. The maximum atomic E-state index is 12.7. The molecule has 3 aromatic carbocycles. The van der Waals surface area contributed by atoms with Crippen LogP contribution < -0.4 is 14.2 Å². The maximum absolute atomic E-state index is 12.7. The summed E-state index contributed by atoms with van der Waals surface area (Å²) in [4.78, 5) is 12.7. The summed E-state index contributed by atoms with van der Waals surface area (Å²) in [5.41, 5.74) is 1.07. The van der Waals surface area contributed by atoms with E-state index in [9.17, 15) is 4.79 Å². The van der Waals surface area contributed by atoms with Crippen molar-refractivity contribution >= 4 is 17.4 Å². The lowest BCUT2D eigenvalue weighted by Crippen LogP contribution is -2.02. The Morgan fingerprint density at radius 3 is 2.12 bits per heavy atom. The zero-order valence-corrected chi connectivity index (χ0v) is 15.1. The van der Waals surface area contributed by atoms with Crippen molar-refractivity contribution in [2.24, 2.45) is 0 Å². The van der Waals surface area contributed by atoms with Crippen LogP contribution in [0.1, 0.15) is 15.9 Å². The summed E-state index contributed by atoms with van der Waals surface area (Å²) >= 11 is 5.95. The minimum atomic E-state index is -0.111. The highest BCUT2D eigenvalue weighted by molar-refractivity contribution is 6.30. The maximum Gasteiger partial charge on any atom is 0.193 e. The summed E-state index contributed by atoms with van der Waals surface area (Å²) in [6, 6.07) is 19.1. The van der Waals surface area contributed by atoms with E-state index in [4.69, 9.17) is 25.8 Å². The molecule has 5 heteroatoms. The number of hydrogen-bond donors (Lipinski definition) is 0. The van der Waals surface area contributed by atoms with Crippen molar-refractivity contribution in [3.8, 4) is 23.0 Å². The molecule has 26 heavy (non-hydrogen) atoms. The molecule has 0 saturated heterocycles. The molecular formula is C21H17ClO4. The molecule has 0 amide bonds. The van der Waals surface area contributed by atoms with Crippen LogP contribution in [0.2, 0.25) is 5.02 Å². The summed E-state index contributed by atoms with van der Waals surface area (Å²) < 4.78 is 16.2. The van der Waals surface area contributed by atoms with Gasteiger partial charge < -0.3 is 14.2 Å². The van der Waals surface area contributed by atoms with Gasteiger partial charge in [0.15, 0.2) is 17.3 Å². The van der Waals surface area contributed by atoms with Gasteiger partial charge in [-0.1, -0.05) is 17.7 Å². The lowest BCUT2D eigenvalue weighted by Gasteiger charge is -2.10. The fourth-order valence-electron chi connectivity index (χ4n) is 2.49. The molecule has 0 heterocycles. The van der Waals surface area contributed by atoms with Gasteiger partial charge in [0.05, 0.1) is 14.2 Å². The number of methoxy groups -OCH3 is 2. The minimum Gasteiger partial charge on any atom is -0.493 e. The summed E-state index contributed by atoms with van der Waals surface area (Å²) in [5.74, 6) is 2.24. The number of rotatable bonds is 6. The van der Waals surface area contributed by atoms with Gasteiger partial charge in [0, 0.05) is 16.1 Å². The van der Waals surface area contributed by atoms with Crippen molar-refractivity contribution in [3.05, 3.63) is 82.9 Å². The molecule has 132 valence electrons. The molecule has 0 N–H and O–H groups in total. The Morgan fingerprint density at radius 2 is 1.46 bits per heavy atom. The summed E-state index contributed by atoms with van der Waals surface area (Å²) in [6.45, 7) is 0. The van der Waals surface area contributed by atoms with Crippen LogP contribution in [0.3, 0.4) is 0 Å². The van der Waals surface area contributed by atoms with Crippen LogP contribution in [0, 0.1) is 0 Å². The van der Waals surface area contributed by atoms with Crippen molar-refractivity contribution in [1.29, 1.82) is 0 Å². The Morgan fingerprint density at radius 1 is 0.769 bits per heavy atom. The Bertz CT molecular complexity index is 920. The van der Waals surface area contributed by atoms with Crippen molar-refractivity contribution in [2.75, 3.05) is 14.2 Å². The lowest BCUT2D eigenvalue weighted by molar-refractivity contribution is 0.103. The number of benzene rings is 3. The summed E-state index contributed by atoms with van der Waals surface area (Å²) in [5, 5.41) is 0.600. The summed E-state index contributed by atoms with van der Waals surface area (Å²) in [6.07, 6.45) is 0. The third kappa shape index (κ3) is 3.98. The highest BCUT2D eigenvalue weighted by Gasteiger charge is 2.13. The van der Waals surface area contributed by atoms with Crippen LogP contribution in [-0.2, 0) is 0 Å². The zero-order valence-electron chi connectivity index (χ0n) is 14.4. The van der Waals surface area contributed by atoms with Crippen LogP contribution in [0.15, 0.2) is 66.7 Å². The van der Waals surface area contributed by atoms with E-state index in [0.29, 0.717) is 39.1 Å². The topological polar surface area (TPSA) is 44.8 Å². The molecule has 3 rings (SSSR count). The zero-order chi connectivity index (χ0) is 18.5. The SMILES string of the molecule is COc1ccc(C(=O)c2ccc(Oc3cccc(Cl)c3)cc2)cc1OC. The lowest BCUT2D eigenvalue weighted by atomic mass is 10.0. The van der Waals surface area contributed by atoms with Crippen LogP contribution in [-0.4, -0.2) is 20.0 Å². The van der Waals surface area contributed by atoms with E-state index in [-0.39, 0.29) is 5.78 Å². The number of carbonyl (C=O) groups is 1. The normalized spacial score (nSPS) is 10.3. The Balaban J connectivity index is 1.78. The summed E-state index contributed by atoms with van der Waals surface area (Å²) in [7, 11) is 3.09. The molecule has 0 fully saturated rings. The molecule has 0 atom stereocenters. The average molecular weight is 369 g/mol. The Kier molecular flexibility index (Phi) is 5.44. The molecule has 0 radical (unpaired) electrons. The fourth-order valence-corrected chi connectivity index (χ4v) is 2.67. The Hall–Kier alpha value is -2.98. The van der Waals surface area contributed by atoms with Gasteiger partial charge in [0.2, 0.25) is 0 Å². The van der Waals surface area contributed by atoms with Crippen molar-refractivity contribution < 1.29 is 19.0 Å². The quantitative estimate of drug-likeness (QED) is 0.548. The van der Waals surface area contributed by atoms with E-state index < -0.39 is 0 Å². The first-order valence-corrected chi connectivity index (χ1v) is 8.28. The van der Waals surface area contributed by atoms with Gasteiger partial charge in [-0.3, -0.25) is 4.79 Å². The first-order chi connectivity index (χ1) is 12.6. The van der Waals surface area contributed by atoms with Crippen LogP contribution in [0.5, 0.6) is 23.0 Å². The molecule has 0 saturated carbocycles. The molecule has 0 bridgehead atoms. The number of halogens is 1. The highest BCUT2D eigenvalue weighted by atomic mass is 35.5. The molecular weight excluding hydrogens is 352 g/mol. The monoisotopic (exact) mass is 368 g/mol. The molecule has 0 aliphatic rings. The van der Waals surface area contributed by atoms with E-state index in [0.717, 1.165) is 0 Å². The van der Waals surface area contributed by atoms with Gasteiger partial charge in [-0.25, -0.2) is 0 Å². The average Bonchev–Trinajstić information content (AvgIpc) is 2.67. The molecule has 0 aliphatic carbocycles. The Labute approximate surface area is 156 Å². The predicted molar refractivity (Wildman–Crippen MR) is 101 cm³/mol. The van der Waals surface area contributed by atoms with Crippen molar-refractivity contribution in [2.45, 2.75) is 0 Å². The smallest absolute Gasteiger partial charge is 0.193 e. The third-order valence-corrected chi connectivity index (χ3v) is 4.03. The van der Waals surface area contributed by atoms with E-state index in [2.05, 4.69) is 0 Å². The second kappa shape index (κ2) is 7.93. The van der Waals surface area contributed by atoms with E-state index in [1.807, 2.05) is 12.1 Å². The number of hydrogen-bond acceptors (Lipinski definition) is 4. The predicted octanol–water partition coefficient (Wildman–Crippen LogP) is 5.38. The molecule has 0 unspecified atom stereocenters. The molecule has 0 aliphatic heterocycles. The van der Waals surface area contributed by atoms with Gasteiger partial charge in [-0.2, -0.15) is 0 Å². The van der Waals surface area contributed by atoms with Crippen molar-refractivity contribution in [3.63, 3.8) is 0 Å². The second-order valence-corrected chi connectivity index (χ2v) is 5.92. The van der Waals surface area contributed by atoms with Crippen LogP contribution in [0.25, 0.3) is 0 Å². The van der Waals surface area contributed by atoms with Gasteiger partial charge in [0.25, 0.3) is 0 Å². The second-order valence-electron chi connectivity index (χ2n) is 5.48. The first-order valence-electron chi connectivity index (χ1n) is 7.91. The van der Waals surface area contributed by atoms with E-state index in [1.165, 1.54) is 7.11 Å². The van der Waals surface area contributed by atoms with Gasteiger partial charge in [0.1, 0.15) is 11.5 Å². The number of carbonyl (C=O) groups excluding carboxylic acids is 1. The van der Waals surface area contributed by atoms with Crippen LogP contribution in [0.4, 0.5) is 0 Å². The largest absolute Gasteiger partial charge is 0.493 e.